The number of aromatic nitrogens is 3. The smallest absolute Gasteiger partial charge is 0.335 e. The predicted molar refractivity (Wildman–Crippen MR) is 106 cm³/mol. The van der Waals surface area contributed by atoms with E-state index in [1.165, 1.54) is 10.7 Å². The molecular weight excluding hydrogens is 450 g/mol. The van der Waals surface area contributed by atoms with E-state index in [9.17, 15) is 18.0 Å². The third-order valence-corrected chi connectivity index (χ3v) is 5.27. The summed E-state index contributed by atoms with van der Waals surface area (Å²) < 4.78 is 39.9. The molecule has 6 nitrogen and oxygen atoms in total. The summed E-state index contributed by atoms with van der Waals surface area (Å²) in [5.74, 6) is 5.58. The number of nitrogens with zero attached hydrogens (tertiary/aromatic N) is 3. The van der Waals surface area contributed by atoms with Crippen molar-refractivity contribution in [1.29, 1.82) is 0 Å². The molecule has 0 bridgehead atoms. The highest BCUT2D eigenvalue weighted by molar-refractivity contribution is 7.99. The second kappa shape index (κ2) is 8.52. The van der Waals surface area contributed by atoms with Crippen LogP contribution in [0.2, 0.25) is 10.0 Å². The normalized spacial score (nSPS) is 11.5. The van der Waals surface area contributed by atoms with Crippen LogP contribution in [0.3, 0.4) is 0 Å². The molecule has 152 valence electrons. The van der Waals surface area contributed by atoms with Gasteiger partial charge >= 0.3 is 6.18 Å². The zero-order valence-corrected chi connectivity index (χ0v) is 16.7. The summed E-state index contributed by atoms with van der Waals surface area (Å²) in [5.41, 5.74) is -0.490. The quantitative estimate of drug-likeness (QED) is 0.424. The fraction of sp³-hybridized carbons (Fsp3) is 0.118. The predicted octanol–water partition coefficient (Wildman–Crippen LogP) is 4.72. The number of benzene rings is 2. The number of rotatable bonds is 5. The number of carbonyl (C=O) groups excluding carboxylic acids is 1. The summed E-state index contributed by atoms with van der Waals surface area (Å²) in [6.45, 7) is 0. The molecule has 1 amide bonds. The number of alkyl halides is 3. The molecule has 0 saturated heterocycles. The lowest BCUT2D eigenvalue weighted by Crippen LogP contribution is -2.17. The van der Waals surface area contributed by atoms with Gasteiger partial charge in [-0.1, -0.05) is 47.1 Å². The Morgan fingerprint density at radius 1 is 1.14 bits per heavy atom. The van der Waals surface area contributed by atoms with Crippen molar-refractivity contribution in [2.45, 2.75) is 11.3 Å². The van der Waals surface area contributed by atoms with Crippen LogP contribution in [0.4, 0.5) is 18.9 Å². The van der Waals surface area contributed by atoms with Gasteiger partial charge in [0.15, 0.2) is 5.82 Å². The third-order valence-electron chi connectivity index (χ3n) is 3.67. The standard InChI is InChI=1S/C17H12Cl2F3N5OS/c18-12-4-2-1-3-10(12)15-25-26-16(27(15)23)29-8-14(28)24-9-5-6-13(19)11(7-9)17(20,21)22/h1-7H,8,23H2,(H,24,28). The number of hydrogen-bond acceptors (Lipinski definition) is 5. The number of nitrogen functional groups attached to an aromatic ring is 1. The first-order chi connectivity index (χ1) is 13.7. The summed E-state index contributed by atoms with van der Waals surface area (Å²) in [5, 5.41) is 10.5. The molecule has 3 rings (SSSR count). The maximum Gasteiger partial charge on any atom is 0.417 e. The summed E-state index contributed by atoms with van der Waals surface area (Å²) in [4.78, 5) is 12.1. The van der Waals surface area contributed by atoms with Gasteiger partial charge < -0.3 is 11.2 Å². The Labute approximate surface area is 177 Å². The van der Waals surface area contributed by atoms with Gasteiger partial charge in [0.1, 0.15) is 0 Å². The van der Waals surface area contributed by atoms with Crippen LogP contribution < -0.4 is 11.2 Å². The summed E-state index contributed by atoms with van der Waals surface area (Å²) in [6.07, 6.45) is -4.63. The van der Waals surface area contributed by atoms with E-state index in [1.807, 2.05) is 0 Å². The molecular formula is C17H12Cl2F3N5OS. The molecule has 1 heterocycles. The number of nitrogens with two attached hydrogens (primary N) is 1. The maximum absolute atomic E-state index is 12.9. The molecule has 2 aromatic carbocycles. The molecule has 0 aliphatic rings. The molecule has 0 radical (unpaired) electrons. The summed E-state index contributed by atoms with van der Waals surface area (Å²) in [7, 11) is 0. The fourth-order valence-electron chi connectivity index (χ4n) is 2.35. The molecule has 3 N–H and O–H groups in total. The van der Waals surface area contributed by atoms with Crippen molar-refractivity contribution in [3.8, 4) is 11.4 Å². The summed E-state index contributed by atoms with van der Waals surface area (Å²) >= 11 is 12.6. The molecule has 0 fully saturated rings. The van der Waals surface area contributed by atoms with Crippen molar-refractivity contribution in [2.24, 2.45) is 0 Å². The van der Waals surface area contributed by atoms with Crippen LogP contribution in [0.1, 0.15) is 5.56 Å². The van der Waals surface area contributed by atoms with Crippen molar-refractivity contribution < 1.29 is 18.0 Å². The van der Waals surface area contributed by atoms with Crippen LogP contribution in [0.25, 0.3) is 11.4 Å². The van der Waals surface area contributed by atoms with Crippen LogP contribution in [-0.2, 0) is 11.0 Å². The van der Waals surface area contributed by atoms with E-state index in [-0.39, 0.29) is 16.6 Å². The van der Waals surface area contributed by atoms with Crippen LogP contribution in [0.15, 0.2) is 47.6 Å². The highest BCUT2D eigenvalue weighted by Gasteiger charge is 2.33. The van der Waals surface area contributed by atoms with E-state index < -0.39 is 22.7 Å². The van der Waals surface area contributed by atoms with Gasteiger partial charge in [-0.25, -0.2) is 4.68 Å². The Morgan fingerprint density at radius 3 is 2.55 bits per heavy atom. The van der Waals surface area contributed by atoms with E-state index in [2.05, 4.69) is 15.5 Å². The number of carbonyl (C=O) groups is 1. The molecule has 29 heavy (non-hydrogen) atoms. The van der Waals surface area contributed by atoms with E-state index in [0.29, 0.717) is 16.4 Å². The number of thioether (sulfide) groups is 1. The molecule has 3 aromatic rings. The molecule has 1 aromatic heterocycles. The number of hydrogen-bond donors (Lipinski definition) is 2. The van der Waals surface area contributed by atoms with Crippen molar-refractivity contribution in [1.82, 2.24) is 14.9 Å². The van der Waals surface area contributed by atoms with Gasteiger partial charge in [-0.05, 0) is 30.3 Å². The zero-order valence-electron chi connectivity index (χ0n) is 14.4. The highest BCUT2D eigenvalue weighted by Crippen LogP contribution is 2.36. The lowest BCUT2D eigenvalue weighted by Gasteiger charge is -2.11. The number of halogens is 5. The second-order valence-corrected chi connectivity index (χ2v) is 7.44. The number of anilines is 1. The average molecular weight is 462 g/mol. The third kappa shape index (κ3) is 4.95. The van der Waals surface area contributed by atoms with E-state index in [0.717, 1.165) is 23.9 Å². The van der Waals surface area contributed by atoms with Crippen LogP contribution >= 0.6 is 35.0 Å². The molecule has 0 aliphatic carbocycles. The van der Waals surface area contributed by atoms with Gasteiger partial charge in [-0.3, -0.25) is 4.79 Å². The molecule has 0 atom stereocenters. The maximum atomic E-state index is 12.9. The monoisotopic (exact) mass is 461 g/mol. The Morgan fingerprint density at radius 2 is 1.86 bits per heavy atom. The topological polar surface area (TPSA) is 85.8 Å². The Balaban J connectivity index is 1.67. The zero-order chi connectivity index (χ0) is 21.2. The highest BCUT2D eigenvalue weighted by atomic mass is 35.5. The lowest BCUT2D eigenvalue weighted by molar-refractivity contribution is -0.137. The minimum Gasteiger partial charge on any atom is -0.335 e. The van der Waals surface area contributed by atoms with E-state index in [1.54, 1.807) is 24.3 Å². The largest absolute Gasteiger partial charge is 0.417 e. The average Bonchev–Trinajstić information content (AvgIpc) is 3.01. The van der Waals surface area contributed by atoms with E-state index >= 15 is 0 Å². The van der Waals surface area contributed by atoms with Crippen LogP contribution in [0.5, 0.6) is 0 Å². The van der Waals surface area contributed by atoms with Gasteiger partial charge in [-0.2, -0.15) is 13.2 Å². The minimum atomic E-state index is -4.63. The second-order valence-electron chi connectivity index (χ2n) is 5.69. The van der Waals surface area contributed by atoms with Gasteiger partial charge in [0, 0.05) is 11.3 Å². The summed E-state index contributed by atoms with van der Waals surface area (Å²) in [6, 6.07) is 10.0. The van der Waals surface area contributed by atoms with Crippen LogP contribution in [0, 0.1) is 0 Å². The SMILES string of the molecule is Nn1c(SCC(=O)Nc2ccc(Cl)c(C(F)(F)F)c2)nnc1-c1ccccc1Cl. The van der Waals surface area contributed by atoms with Crippen molar-refractivity contribution >= 4 is 46.6 Å². The molecule has 0 saturated carbocycles. The Hall–Kier alpha value is -2.43. The number of amides is 1. The van der Waals surface area contributed by atoms with Gasteiger partial charge in [0.05, 0.1) is 21.4 Å². The Bertz CT molecular complexity index is 1060. The first-order valence-corrected chi connectivity index (χ1v) is 9.65. The molecule has 0 unspecified atom stereocenters. The van der Waals surface area contributed by atoms with Gasteiger partial charge in [0.25, 0.3) is 0 Å². The fourth-order valence-corrected chi connectivity index (χ4v) is 3.45. The van der Waals surface area contributed by atoms with Gasteiger partial charge in [-0.15, -0.1) is 10.2 Å². The first kappa shape index (κ1) is 21.3. The first-order valence-electron chi connectivity index (χ1n) is 7.91. The Kier molecular flexibility index (Phi) is 6.25. The van der Waals surface area contributed by atoms with Crippen LogP contribution in [-0.4, -0.2) is 26.5 Å². The molecule has 12 heteroatoms. The van der Waals surface area contributed by atoms with E-state index in [4.69, 9.17) is 29.0 Å². The van der Waals surface area contributed by atoms with Crippen molar-refractivity contribution in [3.05, 3.63) is 58.1 Å². The molecule has 0 aliphatic heterocycles. The van der Waals surface area contributed by atoms with Crippen molar-refractivity contribution in [3.63, 3.8) is 0 Å². The lowest BCUT2D eigenvalue weighted by atomic mass is 10.2. The van der Waals surface area contributed by atoms with Crippen molar-refractivity contribution in [2.75, 3.05) is 16.9 Å². The minimum absolute atomic E-state index is 0.0294. The number of nitrogens with one attached hydrogen (secondary N) is 1. The van der Waals surface area contributed by atoms with Gasteiger partial charge in [0.2, 0.25) is 11.1 Å². The molecule has 0 spiro atoms.